The zero-order valence-corrected chi connectivity index (χ0v) is 47.3. The van der Waals surface area contributed by atoms with Crippen molar-refractivity contribution >= 4 is 52.7 Å². The summed E-state index contributed by atoms with van der Waals surface area (Å²) in [5.74, 6) is -1.40. The number of anilines is 1. The molecule has 6 aliphatic rings. The van der Waals surface area contributed by atoms with Crippen molar-refractivity contribution in [3.8, 4) is 10.4 Å². The molecule has 5 aliphatic carbocycles. The minimum atomic E-state index is -0.708. The van der Waals surface area contributed by atoms with Crippen LogP contribution in [0.4, 0.5) is 5.69 Å². The van der Waals surface area contributed by atoms with Crippen molar-refractivity contribution in [2.75, 3.05) is 38.4 Å². The lowest BCUT2D eigenvalue weighted by molar-refractivity contribution is -0.209. The molecule has 8 rings (SSSR count). The quantitative estimate of drug-likeness (QED) is 0.0770. The number of nitrogens with zero attached hydrogens (tertiary/aromatic N) is 2. The maximum absolute atomic E-state index is 14.6. The Bertz CT molecular complexity index is 2370. The molecule has 420 valence electrons. The van der Waals surface area contributed by atoms with Crippen molar-refractivity contribution in [3.05, 3.63) is 41.3 Å². The van der Waals surface area contributed by atoms with Crippen molar-refractivity contribution in [3.63, 3.8) is 0 Å². The zero-order chi connectivity index (χ0) is 54.7. The largest absolute Gasteiger partial charge is 0.462 e. The van der Waals surface area contributed by atoms with Crippen LogP contribution in [0.2, 0.25) is 0 Å². The van der Waals surface area contributed by atoms with E-state index in [4.69, 9.17) is 18.9 Å². The van der Waals surface area contributed by atoms with Gasteiger partial charge in [-0.3, -0.25) is 24.0 Å². The van der Waals surface area contributed by atoms with E-state index < -0.39 is 53.9 Å². The van der Waals surface area contributed by atoms with Crippen LogP contribution in [-0.4, -0.2) is 114 Å². The molecule has 2 amide bonds. The summed E-state index contributed by atoms with van der Waals surface area (Å²) in [4.78, 5) is 85.1. The Labute approximate surface area is 454 Å². The number of hydrogen-bond acceptors (Lipinski definition) is 14. The molecular weight excluding hydrogens is 987 g/mol. The van der Waals surface area contributed by atoms with Gasteiger partial charge in [-0.25, -0.2) is 4.79 Å². The monoisotopic (exact) mass is 1070 g/mol. The molecule has 1 aliphatic heterocycles. The maximum Gasteiger partial charge on any atom is 0.353 e. The third-order valence-electron chi connectivity index (χ3n) is 19.3. The molecule has 3 N–H and O–H groups in total. The first-order valence-corrected chi connectivity index (χ1v) is 29.4. The molecule has 11 atom stereocenters. The predicted molar refractivity (Wildman–Crippen MR) is 290 cm³/mol. The van der Waals surface area contributed by atoms with Crippen LogP contribution >= 0.6 is 11.3 Å². The van der Waals surface area contributed by atoms with Gasteiger partial charge in [-0.2, -0.15) is 0 Å². The number of piperidine rings is 1. The first-order valence-electron chi connectivity index (χ1n) is 28.6. The fourth-order valence-electron chi connectivity index (χ4n) is 15.1. The van der Waals surface area contributed by atoms with E-state index >= 15 is 0 Å². The highest BCUT2D eigenvalue weighted by molar-refractivity contribution is 7.18. The number of hydrogen-bond donors (Lipinski definition) is 3. The van der Waals surface area contributed by atoms with Crippen LogP contribution in [-0.2, 0) is 42.9 Å². The Balaban J connectivity index is 0.820. The number of rotatable bonds is 17. The van der Waals surface area contributed by atoms with E-state index in [9.17, 15) is 39.0 Å². The predicted octanol–water partition coefficient (Wildman–Crippen LogP) is 9.49. The lowest BCUT2D eigenvalue weighted by atomic mass is 9.43. The fraction of sp³-hybridized carbons (Fsp3) is 0.733. The van der Waals surface area contributed by atoms with Crippen molar-refractivity contribution in [2.45, 2.75) is 188 Å². The number of esters is 4. The summed E-state index contributed by atoms with van der Waals surface area (Å²) in [5.41, 5.74) is 0.259. The molecule has 6 fully saturated rings. The Morgan fingerprint density at radius 1 is 0.842 bits per heavy atom. The van der Waals surface area contributed by atoms with Crippen molar-refractivity contribution in [2.24, 2.45) is 58.2 Å². The summed E-state index contributed by atoms with van der Waals surface area (Å²) in [7, 11) is 2.08. The summed E-state index contributed by atoms with van der Waals surface area (Å²) in [5, 5.41) is 26.9. The number of ether oxygens (including phenoxy) is 4. The van der Waals surface area contributed by atoms with Gasteiger partial charge in [0.15, 0.2) is 0 Å². The number of carbonyl (C=O) groups is 6. The van der Waals surface area contributed by atoms with Crippen LogP contribution in [0.25, 0.3) is 10.4 Å². The second kappa shape index (κ2) is 24.3. The third-order valence-corrected chi connectivity index (χ3v) is 20.4. The van der Waals surface area contributed by atoms with Gasteiger partial charge in [-0.1, -0.05) is 58.0 Å². The van der Waals surface area contributed by atoms with Crippen LogP contribution in [0.15, 0.2) is 36.4 Å². The number of aliphatic hydroxyl groups excluding tert-OH is 2. The molecule has 7 unspecified atom stereocenters. The topological polar surface area (TPSA) is 198 Å². The minimum absolute atomic E-state index is 0.0331. The molecule has 1 saturated heterocycles. The molecule has 0 radical (unpaired) electrons. The van der Waals surface area contributed by atoms with E-state index in [0.717, 1.165) is 81.3 Å². The molecule has 5 saturated carbocycles. The van der Waals surface area contributed by atoms with E-state index in [-0.39, 0.29) is 101 Å². The van der Waals surface area contributed by atoms with Crippen LogP contribution < -0.4 is 10.2 Å². The van der Waals surface area contributed by atoms with Crippen LogP contribution in [0.3, 0.4) is 0 Å². The molecule has 0 spiro atoms. The smallest absolute Gasteiger partial charge is 0.353 e. The van der Waals surface area contributed by atoms with E-state index in [0.29, 0.717) is 43.7 Å². The van der Waals surface area contributed by atoms with Crippen LogP contribution in [0, 0.1) is 58.2 Å². The molecule has 0 bridgehead atoms. The van der Waals surface area contributed by atoms with Crippen LogP contribution in [0.5, 0.6) is 0 Å². The summed E-state index contributed by atoms with van der Waals surface area (Å²) in [6, 6.07) is 11.6. The Morgan fingerprint density at radius 2 is 1.54 bits per heavy atom. The highest BCUT2D eigenvalue weighted by atomic mass is 32.1. The van der Waals surface area contributed by atoms with Crippen molar-refractivity contribution in [1.29, 1.82) is 0 Å². The molecule has 16 heteroatoms. The molecule has 15 nitrogen and oxygen atoms in total. The summed E-state index contributed by atoms with van der Waals surface area (Å²) >= 11 is 1.26. The number of amides is 2. The van der Waals surface area contributed by atoms with E-state index in [1.807, 2.05) is 41.3 Å². The Kier molecular flexibility index (Phi) is 18.5. The second-order valence-electron chi connectivity index (χ2n) is 25.3. The standard InChI is InChI=1S/C60H87N3O12S/c1-36-14-17-39(18-15-36)56(70)63(41-25-28-62(8)29-26-41)46-33-48(38-12-10-9-11-13-38)76-55(46)57(71)73-35-72-51(67)22-23-52(68)74-42-24-27-59(6)40(30-42)31-47(64)54-44-20-19-43(60(44,7)49(65)32-45(54)59)37(2)16-21-50(66)61-34-53(69)75-58(3,4)5/h9-13,33,36-37,39-45,47,49,54,64-65H,14-32,34-35H2,1-8H3,(H,61,66)/t36?,37?,39?,40?,42-,43?,44?,45?,47?,49-,54?,59-,60+/m0/s1. The average Bonchev–Trinajstić information content (AvgIpc) is 4.05. The molecule has 76 heavy (non-hydrogen) atoms. The molecule has 2 aromatic rings. The SMILES string of the molecule is CC1CCC(C(=O)N(c2cc(-c3ccccc3)sc2C(=O)OCOC(=O)CCC(=O)O[C@H]2CC[C@@]3(C)C(CC(O)C4C3C[C@H](O)[C@]3(C)C(C(C)CCC(=O)NCC(=O)OC(C)(C)C)CCC43)C2)C2CCN(C)CC2)CC1. The van der Waals surface area contributed by atoms with Crippen LogP contribution in [0.1, 0.15) is 167 Å². The zero-order valence-electron chi connectivity index (χ0n) is 46.5. The first kappa shape index (κ1) is 57.8. The Hall–Kier alpha value is -4.38. The van der Waals surface area contributed by atoms with E-state index in [2.05, 4.69) is 45.0 Å². The average molecular weight is 1070 g/mol. The van der Waals surface area contributed by atoms with Gasteiger partial charge < -0.3 is 44.3 Å². The summed E-state index contributed by atoms with van der Waals surface area (Å²) < 4.78 is 22.3. The minimum Gasteiger partial charge on any atom is -0.462 e. The first-order chi connectivity index (χ1) is 36.0. The highest BCUT2D eigenvalue weighted by Crippen LogP contribution is 2.68. The van der Waals surface area contributed by atoms with Gasteiger partial charge in [0.1, 0.15) is 23.1 Å². The summed E-state index contributed by atoms with van der Waals surface area (Å²) in [6.45, 7) is 15.1. The number of carbonyl (C=O) groups excluding carboxylic acids is 6. The Morgan fingerprint density at radius 3 is 2.24 bits per heavy atom. The second-order valence-corrected chi connectivity index (χ2v) is 26.4. The number of aliphatic hydroxyl groups is 2. The third kappa shape index (κ3) is 13.0. The van der Waals surface area contributed by atoms with Gasteiger partial charge in [0.05, 0.1) is 30.7 Å². The molecule has 2 heterocycles. The molecule has 1 aromatic heterocycles. The number of nitrogens with one attached hydrogen (secondary N) is 1. The van der Waals surface area contributed by atoms with E-state index in [1.165, 1.54) is 11.3 Å². The fourth-order valence-corrected chi connectivity index (χ4v) is 16.1. The van der Waals surface area contributed by atoms with Gasteiger partial charge in [0, 0.05) is 23.3 Å². The van der Waals surface area contributed by atoms with Crippen molar-refractivity contribution in [1.82, 2.24) is 10.2 Å². The van der Waals surface area contributed by atoms with Gasteiger partial charge in [-0.05, 0) is 195 Å². The normalized spacial score (nSPS) is 32.1. The summed E-state index contributed by atoms with van der Waals surface area (Å²) in [6.07, 6.45) is 9.13. The van der Waals surface area contributed by atoms with Gasteiger partial charge >= 0.3 is 23.9 Å². The van der Waals surface area contributed by atoms with Crippen molar-refractivity contribution < 1.29 is 57.9 Å². The van der Waals surface area contributed by atoms with Gasteiger partial charge in [-0.15, -0.1) is 11.3 Å². The van der Waals surface area contributed by atoms with Gasteiger partial charge in [0.2, 0.25) is 18.6 Å². The number of likely N-dealkylation sites (tertiary alicyclic amines) is 1. The van der Waals surface area contributed by atoms with E-state index in [1.54, 1.807) is 20.8 Å². The lowest BCUT2D eigenvalue weighted by Gasteiger charge is -2.63. The number of benzene rings is 1. The number of fused-ring (bicyclic) bond motifs is 5. The molecular formula is C60H87N3O12S. The highest BCUT2D eigenvalue weighted by Gasteiger charge is 2.66. The molecule has 1 aromatic carbocycles. The maximum atomic E-state index is 14.6. The number of thiophene rings is 1. The lowest BCUT2D eigenvalue weighted by Crippen LogP contribution is -2.62. The van der Waals surface area contributed by atoms with Gasteiger partial charge in [0.25, 0.3) is 0 Å².